The Hall–Kier alpha value is -2.87. The molecular formula is C25H35N3O4S. The van der Waals surface area contributed by atoms with Crippen LogP contribution in [0.15, 0.2) is 42.5 Å². The topological polar surface area (TPSA) is 86.8 Å². The van der Waals surface area contributed by atoms with Gasteiger partial charge in [0.1, 0.15) is 12.6 Å². The highest BCUT2D eigenvalue weighted by atomic mass is 32.2. The third-order valence-corrected chi connectivity index (χ3v) is 6.63. The molecular weight excluding hydrogens is 438 g/mol. The zero-order valence-electron chi connectivity index (χ0n) is 20.4. The molecule has 1 N–H and O–H groups in total. The molecule has 0 bridgehead atoms. The van der Waals surface area contributed by atoms with E-state index in [1.54, 1.807) is 19.1 Å². The van der Waals surface area contributed by atoms with Gasteiger partial charge >= 0.3 is 0 Å². The molecule has 7 nitrogen and oxygen atoms in total. The lowest BCUT2D eigenvalue weighted by Gasteiger charge is -2.32. The number of hydrogen-bond donors (Lipinski definition) is 1. The average molecular weight is 474 g/mol. The van der Waals surface area contributed by atoms with Crippen molar-refractivity contribution in [3.8, 4) is 0 Å². The monoisotopic (exact) mass is 473 g/mol. The van der Waals surface area contributed by atoms with Gasteiger partial charge in [0.25, 0.3) is 0 Å². The summed E-state index contributed by atoms with van der Waals surface area (Å²) in [6.45, 7) is 9.64. The predicted octanol–water partition coefficient (Wildman–Crippen LogP) is 3.32. The maximum atomic E-state index is 13.5. The summed E-state index contributed by atoms with van der Waals surface area (Å²) >= 11 is 0. The number of sulfonamides is 1. The number of carbonyl (C=O) groups is 2. The number of nitrogens with zero attached hydrogens (tertiary/aromatic N) is 2. The van der Waals surface area contributed by atoms with Crippen molar-refractivity contribution in [1.82, 2.24) is 10.2 Å². The van der Waals surface area contributed by atoms with E-state index in [4.69, 9.17) is 0 Å². The number of aryl methyl sites for hydroxylation is 3. The van der Waals surface area contributed by atoms with Crippen LogP contribution in [0.4, 0.5) is 5.69 Å². The third kappa shape index (κ3) is 7.32. The Labute approximate surface area is 197 Å². The molecule has 0 saturated carbocycles. The molecule has 0 fully saturated rings. The second-order valence-corrected chi connectivity index (χ2v) is 10.4. The van der Waals surface area contributed by atoms with Crippen molar-refractivity contribution in [2.24, 2.45) is 0 Å². The maximum absolute atomic E-state index is 13.5. The van der Waals surface area contributed by atoms with Gasteiger partial charge in [0, 0.05) is 13.1 Å². The molecule has 2 rings (SSSR count). The second-order valence-electron chi connectivity index (χ2n) is 8.53. The van der Waals surface area contributed by atoms with Crippen LogP contribution in [-0.2, 0) is 26.2 Å². The van der Waals surface area contributed by atoms with Crippen LogP contribution in [0.1, 0.15) is 42.5 Å². The molecule has 8 heteroatoms. The van der Waals surface area contributed by atoms with Crippen LogP contribution in [0, 0.1) is 20.8 Å². The van der Waals surface area contributed by atoms with E-state index in [1.165, 1.54) is 4.90 Å². The van der Waals surface area contributed by atoms with Crippen LogP contribution in [0.25, 0.3) is 0 Å². The normalized spacial score (nSPS) is 12.2. The molecule has 2 amide bonds. The van der Waals surface area contributed by atoms with Gasteiger partial charge in [-0.15, -0.1) is 0 Å². The van der Waals surface area contributed by atoms with Crippen molar-refractivity contribution in [3.05, 3.63) is 64.7 Å². The molecule has 0 radical (unpaired) electrons. The molecule has 1 atom stereocenters. The van der Waals surface area contributed by atoms with Crippen molar-refractivity contribution in [1.29, 1.82) is 0 Å². The Balaban J connectivity index is 2.42. The maximum Gasteiger partial charge on any atom is 0.244 e. The molecule has 0 saturated heterocycles. The molecule has 33 heavy (non-hydrogen) atoms. The van der Waals surface area contributed by atoms with E-state index >= 15 is 0 Å². The van der Waals surface area contributed by atoms with Crippen LogP contribution < -0.4 is 9.62 Å². The fraction of sp³-hybridized carbons (Fsp3) is 0.440. The standard InChI is InChI=1S/C25H35N3O4S/c1-7-12-26-25(30)21(5)27(16-22-11-9-8-10-20(22)4)24(29)17-28(33(6,31)32)23-14-18(2)13-19(3)15-23/h8-11,13-15,21H,7,12,16-17H2,1-6H3,(H,26,30). The van der Waals surface area contributed by atoms with Crippen molar-refractivity contribution in [3.63, 3.8) is 0 Å². The van der Waals surface area contributed by atoms with Gasteiger partial charge in [0.2, 0.25) is 21.8 Å². The first kappa shape index (κ1) is 26.4. The number of amides is 2. The lowest BCUT2D eigenvalue weighted by atomic mass is 10.1. The fourth-order valence-electron chi connectivity index (χ4n) is 3.66. The summed E-state index contributed by atoms with van der Waals surface area (Å²) in [4.78, 5) is 27.7. The van der Waals surface area contributed by atoms with Gasteiger partial charge in [-0.25, -0.2) is 8.42 Å². The van der Waals surface area contributed by atoms with Crippen LogP contribution in [0.3, 0.4) is 0 Å². The van der Waals surface area contributed by atoms with Gasteiger partial charge in [0.15, 0.2) is 0 Å². The van der Waals surface area contributed by atoms with Gasteiger partial charge in [-0.05, 0) is 68.5 Å². The smallest absolute Gasteiger partial charge is 0.244 e. The molecule has 0 aliphatic heterocycles. The van der Waals surface area contributed by atoms with E-state index in [1.807, 2.05) is 58.0 Å². The molecule has 2 aromatic rings. The van der Waals surface area contributed by atoms with Gasteiger partial charge in [-0.1, -0.05) is 37.3 Å². The Morgan fingerprint density at radius 2 is 1.64 bits per heavy atom. The van der Waals surface area contributed by atoms with E-state index in [-0.39, 0.29) is 19.0 Å². The third-order valence-electron chi connectivity index (χ3n) is 5.49. The molecule has 0 heterocycles. The SMILES string of the molecule is CCCNC(=O)C(C)N(Cc1ccccc1C)C(=O)CN(c1cc(C)cc(C)c1)S(C)(=O)=O. The lowest BCUT2D eigenvalue weighted by molar-refractivity contribution is -0.139. The van der Waals surface area contributed by atoms with Crippen molar-refractivity contribution in [2.45, 2.75) is 53.6 Å². The van der Waals surface area contributed by atoms with E-state index in [0.717, 1.165) is 39.2 Å². The van der Waals surface area contributed by atoms with Crippen LogP contribution >= 0.6 is 0 Å². The molecule has 180 valence electrons. The summed E-state index contributed by atoms with van der Waals surface area (Å²) in [6.07, 6.45) is 1.86. The van der Waals surface area contributed by atoms with Gasteiger partial charge < -0.3 is 10.2 Å². The lowest BCUT2D eigenvalue weighted by Crippen LogP contribution is -2.51. The number of anilines is 1. The summed E-state index contributed by atoms with van der Waals surface area (Å²) in [5, 5.41) is 2.83. The van der Waals surface area contributed by atoms with E-state index in [0.29, 0.717) is 12.2 Å². The molecule has 1 unspecified atom stereocenters. The molecule has 2 aromatic carbocycles. The summed E-state index contributed by atoms with van der Waals surface area (Å²) in [7, 11) is -3.74. The van der Waals surface area contributed by atoms with Gasteiger partial charge in [-0.3, -0.25) is 13.9 Å². The zero-order chi connectivity index (χ0) is 24.8. The Morgan fingerprint density at radius 3 is 2.18 bits per heavy atom. The number of carbonyl (C=O) groups excluding carboxylic acids is 2. The van der Waals surface area contributed by atoms with Gasteiger partial charge in [-0.2, -0.15) is 0 Å². The summed E-state index contributed by atoms with van der Waals surface area (Å²) in [5.41, 5.74) is 4.12. The first-order chi connectivity index (χ1) is 15.4. The largest absolute Gasteiger partial charge is 0.354 e. The fourth-order valence-corrected chi connectivity index (χ4v) is 4.49. The predicted molar refractivity (Wildman–Crippen MR) is 133 cm³/mol. The first-order valence-corrected chi connectivity index (χ1v) is 13.0. The van der Waals surface area contributed by atoms with Crippen LogP contribution in [0.2, 0.25) is 0 Å². The molecule has 0 aliphatic rings. The average Bonchev–Trinajstić information content (AvgIpc) is 2.73. The Morgan fingerprint density at radius 1 is 1.03 bits per heavy atom. The summed E-state index contributed by atoms with van der Waals surface area (Å²) < 4.78 is 26.4. The minimum Gasteiger partial charge on any atom is -0.354 e. The van der Waals surface area contributed by atoms with Crippen molar-refractivity contribution >= 4 is 27.5 Å². The van der Waals surface area contributed by atoms with E-state index < -0.39 is 22.0 Å². The highest BCUT2D eigenvalue weighted by Gasteiger charge is 2.30. The quantitative estimate of drug-likeness (QED) is 0.574. The summed E-state index contributed by atoms with van der Waals surface area (Å²) in [6, 6.07) is 12.3. The number of rotatable bonds is 10. The van der Waals surface area contributed by atoms with Gasteiger partial charge in [0.05, 0.1) is 11.9 Å². The second kappa shape index (κ2) is 11.3. The van der Waals surface area contributed by atoms with Crippen LogP contribution in [0.5, 0.6) is 0 Å². The first-order valence-electron chi connectivity index (χ1n) is 11.1. The molecule has 0 aromatic heterocycles. The van der Waals surface area contributed by atoms with E-state index in [9.17, 15) is 18.0 Å². The highest BCUT2D eigenvalue weighted by Crippen LogP contribution is 2.22. The number of benzene rings is 2. The minimum absolute atomic E-state index is 0.205. The highest BCUT2D eigenvalue weighted by molar-refractivity contribution is 7.92. The van der Waals surface area contributed by atoms with Crippen molar-refractivity contribution in [2.75, 3.05) is 23.7 Å². The zero-order valence-corrected chi connectivity index (χ0v) is 21.2. The van der Waals surface area contributed by atoms with E-state index in [2.05, 4.69) is 5.32 Å². The number of nitrogens with one attached hydrogen (secondary N) is 1. The Bertz CT molecular complexity index is 1080. The number of hydrogen-bond acceptors (Lipinski definition) is 4. The molecule has 0 spiro atoms. The minimum atomic E-state index is -3.74. The molecule has 0 aliphatic carbocycles. The Kier molecular flexibility index (Phi) is 9.05. The van der Waals surface area contributed by atoms with Crippen molar-refractivity contribution < 1.29 is 18.0 Å². The summed E-state index contributed by atoms with van der Waals surface area (Å²) in [5.74, 6) is -0.710. The van der Waals surface area contributed by atoms with Crippen LogP contribution in [-0.4, -0.2) is 50.5 Å².